The van der Waals surface area contributed by atoms with Crippen molar-refractivity contribution in [3.63, 3.8) is 0 Å². The van der Waals surface area contributed by atoms with E-state index in [0.29, 0.717) is 0 Å². The molecule has 10 aromatic carbocycles. The third-order valence-electron chi connectivity index (χ3n) is 12.2. The Balaban J connectivity index is 1.11. The van der Waals surface area contributed by atoms with Crippen molar-refractivity contribution in [2.24, 2.45) is 0 Å². The molecule has 0 fully saturated rings. The standard InChI is InChI=1S/C55H34S2/c1-32-36-15-5-6-17-38(36)45-29-26-34-14-3-4-16-37(34)53(45)48(32)31-49-33(2)56-51-30-35(27-28-40(49)51)52-41-19-7-9-21-43(41)54(44-22-10-8-20-42(44)52)47-24-13-23-46-39-18-11-12-25-50(39)57-55(46)47/h3-31H,1H2,2H3/b48-31+. The van der Waals surface area contributed by atoms with Crippen LogP contribution in [0.25, 0.3) is 119 Å². The van der Waals surface area contributed by atoms with E-state index in [0.717, 1.165) is 5.22 Å². The minimum absolute atomic E-state index is 1.08. The monoisotopic (exact) mass is 758 g/mol. The van der Waals surface area contributed by atoms with E-state index >= 15 is 0 Å². The van der Waals surface area contributed by atoms with E-state index in [2.05, 4.69) is 183 Å². The van der Waals surface area contributed by atoms with Crippen LogP contribution >= 0.6 is 22.7 Å². The third kappa shape index (κ3) is 4.78. The molecule has 0 unspecified atom stereocenters. The lowest BCUT2D eigenvalue weighted by Gasteiger charge is -2.18. The van der Waals surface area contributed by atoms with Crippen molar-refractivity contribution in [1.82, 2.24) is 0 Å². The van der Waals surface area contributed by atoms with Gasteiger partial charge in [0.1, 0.15) is 0 Å². The molecule has 0 radical (unpaired) electrons. The molecule has 0 amide bonds. The molecule has 2 heteroatoms. The highest BCUT2D eigenvalue weighted by Crippen LogP contribution is 2.48. The van der Waals surface area contributed by atoms with Crippen molar-refractivity contribution in [2.45, 2.75) is 6.92 Å². The fourth-order valence-electron chi connectivity index (χ4n) is 9.61. The van der Waals surface area contributed by atoms with E-state index < -0.39 is 0 Å². The number of fused-ring (bicyclic) bond motifs is 11. The summed E-state index contributed by atoms with van der Waals surface area (Å²) in [5.41, 5.74) is 6.42. The Hall–Kier alpha value is -6.58. The zero-order valence-corrected chi connectivity index (χ0v) is 32.9. The van der Waals surface area contributed by atoms with Gasteiger partial charge < -0.3 is 0 Å². The molecule has 0 aliphatic rings. The van der Waals surface area contributed by atoms with Crippen LogP contribution in [0.4, 0.5) is 0 Å². The molecule has 12 rings (SSSR count). The van der Waals surface area contributed by atoms with E-state index in [4.69, 9.17) is 6.58 Å². The molecule has 2 heterocycles. The van der Waals surface area contributed by atoms with E-state index in [-0.39, 0.29) is 0 Å². The summed E-state index contributed by atoms with van der Waals surface area (Å²) >= 11 is 3.79. The first-order valence-corrected chi connectivity index (χ1v) is 21.2. The number of hydrogen-bond donors (Lipinski definition) is 0. The molecule has 0 N–H and O–H groups in total. The quantitative estimate of drug-likeness (QED) is 0.124. The van der Waals surface area contributed by atoms with Crippen LogP contribution in [0.2, 0.25) is 0 Å². The largest absolute Gasteiger partial charge is 0.140 e. The number of thiophene rings is 2. The van der Waals surface area contributed by atoms with Gasteiger partial charge in [0.25, 0.3) is 0 Å². The smallest absolute Gasteiger partial charge is 0.0434 e. The molecule has 0 saturated heterocycles. The normalized spacial score (nSPS) is 12.5. The molecule has 0 spiro atoms. The van der Waals surface area contributed by atoms with Crippen molar-refractivity contribution >= 4 is 119 Å². The van der Waals surface area contributed by atoms with Crippen LogP contribution in [0.5, 0.6) is 0 Å². The molecule has 0 saturated carbocycles. The van der Waals surface area contributed by atoms with Gasteiger partial charge in [-0.1, -0.05) is 164 Å². The Labute approximate surface area is 337 Å². The van der Waals surface area contributed by atoms with Crippen LogP contribution in [-0.4, -0.2) is 0 Å². The van der Waals surface area contributed by atoms with E-state index in [1.807, 2.05) is 22.7 Å². The summed E-state index contributed by atoms with van der Waals surface area (Å²) in [6.45, 7) is 7.01. The molecule has 0 nitrogen and oxygen atoms in total. The lowest BCUT2D eigenvalue weighted by Crippen LogP contribution is -2.25. The van der Waals surface area contributed by atoms with Crippen LogP contribution in [-0.2, 0) is 0 Å². The van der Waals surface area contributed by atoms with Crippen LogP contribution in [0.15, 0.2) is 170 Å². The first kappa shape index (κ1) is 32.6. The molecule has 0 atom stereocenters. The van der Waals surface area contributed by atoms with Gasteiger partial charge in [-0.25, -0.2) is 0 Å². The van der Waals surface area contributed by atoms with Gasteiger partial charge in [-0.15, -0.1) is 22.7 Å². The van der Waals surface area contributed by atoms with Crippen molar-refractivity contribution in [3.05, 3.63) is 191 Å². The lowest BCUT2D eigenvalue weighted by molar-refractivity contribution is 1.59. The second-order valence-corrected chi connectivity index (χ2v) is 17.5. The van der Waals surface area contributed by atoms with Crippen molar-refractivity contribution in [3.8, 4) is 22.3 Å². The summed E-state index contributed by atoms with van der Waals surface area (Å²) in [6, 6.07) is 62.9. The fraction of sp³-hybridized carbons (Fsp3) is 0.0182. The maximum Gasteiger partial charge on any atom is 0.0434 e. The first-order chi connectivity index (χ1) is 28.1. The number of aryl methyl sites for hydroxylation is 1. The maximum atomic E-state index is 4.74. The molecular formula is C55H34S2. The highest BCUT2D eigenvalue weighted by Gasteiger charge is 2.20. The van der Waals surface area contributed by atoms with Gasteiger partial charge in [0.05, 0.1) is 0 Å². The molecule has 12 aromatic rings. The fourth-order valence-corrected chi connectivity index (χ4v) is 11.9. The van der Waals surface area contributed by atoms with E-state index in [1.54, 1.807) is 0 Å². The molecule has 266 valence electrons. The number of benzene rings is 10. The Bertz CT molecular complexity index is 3730. The van der Waals surface area contributed by atoms with Gasteiger partial charge >= 0.3 is 0 Å². The average Bonchev–Trinajstić information content (AvgIpc) is 3.80. The summed E-state index contributed by atoms with van der Waals surface area (Å²) in [5.74, 6) is 0. The summed E-state index contributed by atoms with van der Waals surface area (Å²) in [4.78, 5) is 1.31. The second kappa shape index (κ2) is 12.5. The Kier molecular flexibility index (Phi) is 7.14. The summed E-state index contributed by atoms with van der Waals surface area (Å²) < 4.78 is 3.97. The average molecular weight is 759 g/mol. The maximum absolute atomic E-state index is 4.74. The van der Waals surface area contributed by atoms with Gasteiger partial charge in [0.2, 0.25) is 0 Å². The molecular weight excluding hydrogens is 725 g/mol. The highest BCUT2D eigenvalue weighted by atomic mass is 32.1. The first-order valence-electron chi connectivity index (χ1n) is 19.5. The molecule has 0 aliphatic heterocycles. The van der Waals surface area contributed by atoms with Crippen LogP contribution < -0.4 is 10.4 Å². The van der Waals surface area contributed by atoms with Gasteiger partial charge in [-0.3, -0.25) is 0 Å². The molecule has 2 aromatic heterocycles. The van der Waals surface area contributed by atoms with E-state index in [1.165, 1.54) is 122 Å². The van der Waals surface area contributed by atoms with Crippen molar-refractivity contribution < 1.29 is 0 Å². The predicted octanol–water partition coefficient (Wildman–Crippen LogP) is 14.9. The third-order valence-corrected chi connectivity index (χ3v) is 14.5. The lowest BCUT2D eigenvalue weighted by atomic mass is 9.85. The zero-order chi connectivity index (χ0) is 37.8. The van der Waals surface area contributed by atoms with Gasteiger partial charge in [0.15, 0.2) is 0 Å². The molecule has 57 heavy (non-hydrogen) atoms. The summed E-state index contributed by atoms with van der Waals surface area (Å²) in [6.07, 6.45) is 2.42. The van der Waals surface area contributed by atoms with Crippen molar-refractivity contribution in [1.29, 1.82) is 0 Å². The zero-order valence-electron chi connectivity index (χ0n) is 31.3. The number of rotatable bonds is 3. The summed E-state index contributed by atoms with van der Waals surface area (Å²) in [5, 5.41) is 18.9. The SMILES string of the molecule is C=c1/c(=C\c2c(C)sc3cc(-c4c5ccccc5c(-c5cccc6c5sc5ccccc56)c5ccccc45)ccc23)c2c3ccccc3ccc2c2ccccc12. The Morgan fingerprint density at radius 1 is 0.439 bits per heavy atom. The van der Waals surface area contributed by atoms with Crippen LogP contribution in [0.1, 0.15) is 10.4 Å². The van der Waals surface area contributed by atoms with Crippen LogP contribution in [0, 0.1) is 6.92 Å². The minimum atomic E-state index is 1.08. The minimum Gasteiger partial charge on any atom is -0.140 e. The van der Waals surface area contributed by atoms with E-state index in [9.17, 15) is 0 Å². The van der Waals surface area contributed by atoms with Gasteiger partial charge in [0, 0.05) is 40.7 Å². The van der Waals surface area contributed by atoms with Crippen LogP contribution in [0.3, 0.4) is 0 Å². The highest BCUT2D eigenvalue weighted by molar-refractivity contribution is 7.26. The number of hydrogen-bond acceptors (Lipinski definition) is 2. The topological polar surface area (TPSA) is 0 Å². The summed E-state index contributed by atoms with van der Waals surface area (Å²) in [7, 11) is 0. The predicted molar refractivity (Wildman–Crippen MR) is 253 cm³/mol. The Morgan fingerprint density at radius 3 is 1.79 bits per heavy atom. The Morgan fingerprint density at radius 2 is 1.04 bits per heavy atom. The van der Waals surface area contributed by atoms with Gasteiger partial charge in [-0.05, 0) is 112 Å². The molecule has 0 bridgehead atoms. The van der Waals surface area contributed by atoms with Gasteiger partial charge in [-0.2, -0.15) is 0 Å². The van der Waals surface area contributed by atoms with Crippen molar-refractivity contribution in [2.75, 3.05) is 0 Å². The second-order valence-electron chi connectivity index (χ2n) is 15.2. The molecule has 0 aliphatic carbocycles.